The molecule has 0 saturated carbocycles. The van der Waals surface area contributed by atoms with Crippen molar-refractivity contribution in [3.8, 4) is 11.5 Å². The lowest BCUT2D eigenvalue weighted by Crippen LogP contribution is -2.22. The SMILES string of the molecule is COc1cc(CN[C@@H](Cc2cccs2)c2nc(C)cs2)cc(OC)c1. The average molecular weight is 375 g/mol. The van der Waals surface area contributed by atoms with E-state index in [0.717, 1.165) is 40.7 Å². The van der Waals surface area contributed by atoms with E-state index in [1.807, 2.05) is 25.1 Å². The van der Waals surface area contributed by atoms with Gasteiger partial charge in [0.1, 0.15) is 16.5 Å². The van der Waals surface area contributed by atoms with Gasteiger partial charge >= 0.3 is 0 Å². The van der Waals surface area contributed by atoms with Crippen molar-refractivity contribution < 1.29 is 9.47 Å². The predicted molar refractivity (Wildman–Crippen MR) is 104 cm³/mol. The number of thiazole rings is 1. The van der Waals surface area contributed by atoms with Crippen molar-refractivity contribution in [1.29, 1.82) is 0 Å². The molecule has 0 spiro atoms. The van der Waals surface area contributed by atoms with Gasteiger partial charge in [-0.25, -0.2) is 4.98 Å². The summed E-state index contributed by atoms with van der Waals surface area (Å²) < 4.78 is 10.7. The summed E-state index contributed by atoms with van der Waals surface area (Å²) in [6.45, 7) is 2.76. The summed E-state index contributed by atoms with van der Waals surface area (Å²) in [7, 11) is 3.34. The number of nitrogens with zero attached hydrogens (tertiary/aromatic N) is 1. The van der Waals surface area contributed by atoms with Gasteiger partial charge in [0.25, 0.3) is 0 Å². The zero-order valence-electron chi connectivity index (χ0n) is 14.6. The van der Waals surface area contributed by atoms with E-state index in [1.165, 1.54) is 4.88 Å². The second-order valence-electron chi connectivity index (χ2n) is 5.77. The fraction of sp³-hybridized carbons (Fsp3) is 0.316. The minimum absolute atomic E-state index is 0.189. The third-order valence-electron chi connectivity index (χ3n) is 3.88. The van der Waals surface area contributed by atoms with Crippen LogP contribution in [0, 0.1) is 6.92 Å². The number of methoxy groups -OCH3 is 2. The summed E-state index contributed by atoms with van der Waals surface area (Å²) in [4.78, 5) is 6.04. The molecule has 0 aliphatic rings. The molecule has 1 N–H and O–H groups in total. The monoisotopic (exact) mass is 374 g/mol. The van der Waals surface area contributed by atoms with Gasteiger partial charge in [0.05, 0.1) is 20.3 Å². The van der Waals surface area contributed by atoms with Crippen molar-refractivity contribution in [2.24, 2.45) is 0 Å². The minimum Gasteiger partial charge on any atom is -0.497 e. The number of benzene rings is 1. The Morgan fingerprint density at radius 1 is 1.12 bits per heavy atom. The first-order valence-corrected chi connectivity index (χ1v) is 9.83. The van der Waals surface area contributed by atoms with Crippen molar-refractivity contribution in [3.63, 3.8) is 0 Å². The van der Waals surface area contributed by atoms with E-state index < -0.39 is 0 Å². The van der Waals surface area contributed by atoms with E-state index in [-0.39, 0.29) is 6.04 Å². The first kappa shape index (κ1) is 17.9. The van der Waals surface area contributed by atoms with E-state index in [2.05, 4.69) is 33.2 Å². The van der Waals surface area contributed by atoms with Crippen molar-refractivity contribution >= 4 is 22.7 Å². The highest BCUT2D eigenvalue weighted by atomic mass is 32.1. The summed E-state index contributed by atoms with van der Waals surface area (Å²) in [5.41, 5.74) is 2.20. The largest absolute Gasteiger partial charge is 0.497 e. The molecule has 1 atom stereocenters. The lowest BCUT2D eigenvalue weighted by atomic mass is 10.1. The van der Waals surface area contributed by atoms with Crippen LogP contribution in [0.3, 0.4) is 0 Å². The standard InChI is InChI=1S/C19H22N2O2S2/c1-13-12-25-19(21-13)18(10-17-5-4-6-24-17)20-11-14-7-15(22-2)9-16(8-14)23-3/h4-9,12,18,20H,10-11H2,1-3H3/t18-/m0/s1. The maximum atomic E-state index is 5.36. The number of thiophene rings is 1. The normalized spacial score (nSPS) is 12.1. The molecule has 0 bridgehead atoms. The van der Waals surface area contributed by atoms with Gasteiger partial charge in [0.2, 0.25) is 0 Å². The number of hydrogen-bond donors (Lipinski definition) is 1. The van der Waals surface area contributed by atoms with E-state index in [1.54, 1.807) is 36.9 Å². The Labute approximate surface area is 156 Å². The van der Waals surface area contributed by atoms with Crippen LogP contribution in [0.2, 0.25) is 0 Å². The highest BCUT2D eigenvalue weighted by Gasteiger charge is 2.16. The van der Waals surface area contributed by atoms with Gasteiger partial charge in [0.15, 0.2) is 0 Å². The third kappa shape index (κ3) is 4.81. The molecule has 132 valence electrons. The second kappa shape index (κ2) is 8.47. The van der Waals surface area contributed by atoms with Crippen molar-refractivity contribution in [2.75, 3.05) is 14.2 Å². The van der Waals surface area contributed by atoms with Crippen LogP contribution in [0.15, 0.2) is 41.1 Å². The molecule has 6 heteroatoms. The van der Waals surface area contributed by atoms with Crippen LogP contribution in [0.5, 0.6) is 11.5 Å². The molecule has 0 radical (unpaired) electrons. The number of aryl methyl sites for hydroxylation is 1. The topological polar surface area (TPSA) is 43.4 Å². The molecule has 25 heavy (non-hydrogen) atoms. The fourth-order valence-corrected chi connectivity index (χ4v) is 4.24. The Hall–Kier alpha value is -1.89. The van der Waals surface area contributed by atoms with Crippen molar-refractivity contribution in [3.05, 3.63) is 62.2 Å². The first-order chi connectivity index (χ1) is 12.2. The van der Waals surface area contributed by atoms with Gasteiger partial charge in [-0.3, -0.25) is 0 Å². The summed E-state index contributed by atoms with van der Waals surface area (Å²) >= 11 is 3.49. The van der Waals surface area contributed by atoms with Gasteiger partial charge in [0, 0.05) is 35.0 Å². The second-order valence-corrected chi connectivity index (χ2v) is 7.69. The molecule has 0 aliphatic carbocycles. The summed E-state index contributed by atoms with van der Waals surface area (Å²) in [5.74, 6) is 1.60. The quantitative estimate of drug-likeness (QED) is 0.626. The number of ether oxygens (including phenoxy) is 2. The smallest absolute Gasteiger partial charge is 0.122 e. The minimum atomic E-state index is 0.189. The maximum absolute atomic E-state index is 5.36. The molecule has 0 fully saturated rings. The molecule has 4 nitrogen and oxygen atoms in total. The molecule has 0 unspecified atom stereocenters. The lowest BCUT2D eigenvalue weighted by Gasteiger charge is -2.17. The average Bonchev–Trinajstić information content (AvgIpc) is 3.29. The van der Waals surface area contributed by atoms with Crippen molar-refractivity contribution in [2.45, 2.75) is 25.9 Å². The van der Waals surface area contributed by atoms with Crippen LogP contribution in [-0.4, -0.2) is 19.2 Å². The zero-order valence-corrected chi connectivity index (χ0v) is 16.2. The van der Waals surface area contributed by atoms with Gasteiger partial charge in [-0.1, -0.05) is 6.07 Å². The highest BCUT2D eigenvalue weighted by Crippen LogP contribution is 2.26. The zero-order chi connectivity index (χ0) is 17.6. The molecular formula is C19H22N2O2S2. The van der Waals surface area contributed by atoms with Crippen molar-refractivity contribution in [1.82, 2.24) is 10.3 Å². The Kier molecular flexibility index (Phi) is 6.07. The Morgan fingerprint density at radius 3 is 2.44 bits per heavy atom. The summed E-state index contributed by atoms with van der Waals surface area (Å²) in [6, 6.07) is 10.4. The van der Waals surface area contributed by atoms with Crippen LogP contribution in [-0.2, 0) is 13.0 Å². The van der Waals surface area contributed by atoms with Gasteiger partial charge in [-0.05, 0) is 36.1 Å². The van der Waals surface area contributed by atoms with Gasteiger partial charge < -0.3 is 14.8 Å². The Morgan fingerprint density at radius 2 is 1.88 bits per heavy atom. The van der Waals surface area contributed by atoms with Crippen LogP contribution in [0.4, 0.5) is 0 Å². The molecule has 3 rings (SSSR count). The van der Waals surface area contributed by atoms with E-state index in [9.17, 15) is 0 Å². The number of hydrogen-bond acceptors (Lipinski definition) is 6. The number of nitrogens with one attached hydrogen (secondary N) is 1. The number of rotatable bonds is 8. The van der Waals surface area contributed by atoms with Crippen LogP contribution >= 0.6 is 22.7 Å². The maximum Gasteiger partial charge on any atom is 0.122 e. The molecular weight excluding hydrogens is 352 g/mol. The lowest BCUT2D eigenvalue weighted by molar-refractivity contribution is 0.392. The van der Waals surface area contributed by atoms with E-state index in [0.29, 0.717) is 0 Å². The van der Waals surface area contributed by atoms with E-state index in [4.69, 9.17) is 9.47 Å². The van der Waals surface area contributed by atoms with Crippen LogP contribution in [0.1, 0.15) is 27.2 Å². The number of aromatic nitrogens is 1. The molecule has 0 amide bonds. The molecule has 2 heterocycles. The van der Waals surface area contributed by atoms with Gasteiger partial charge in [-0.15, -0.1) is 22.7 Å². The molecule has 2 aromatic heterocycles. The van der Waals surface area contributed by atoms with Crippen LogP contribution < -0.4 is 14.8 Å². The Balaban J connectivity index is 1.76. The molecule has 1 aromatic carbocycles. The highest BCUT2D eigenvalue weighted by molar-refractivity contribution is 7.10. The predicted octanol–water partition coefficient (Wildman–Crippen LogP) is 4.60. The molecule has 0 aliphatic heterocycles. The molecule has 3 aromatic rings. The summed E-state index contributed by atoms with van der Waals surface area (Å²) in [5, 5.41) is 9.00. The fourth-order valence-electron chi connectivity index (χ4n) is 2.62. The Bertz CT molecular complexity index is 777. The summed E-state index contributed by atoms with van der Waals surface area (Å²) in [6.07, 6.45) is 0.936. The van der Waals surface area contributed by atoms with E-state index >= 15 is 0 Å². The first-order valence-electron chi connectivity index (χ1n) is 8.07. The van der Waals surface area contributed by atoms with Gasteiger partial charge in [-0.2, -0.15) is 0 Å². The third-order valence-corrected chi connectivity index (χ3v) is 5.86. The molecule has 0 saturated heterocycles. The van der Waals surface area contributed by atoms with Crippen LogP contribution in [0.25, 0.3) is 0 Å².